The van der Waals surface area contributed by atoms with Gasteiger partial charge in [-0.3, -0.25) is 9.59 Å². The molecule has 2 unspecified atom stereocenters. The summed E-state index contributed by atoms with van der Waals surface area (Å²) < 4.78 is 1.03. The molecular formula is C20H20BrN3O2. The number of hydrogen-bond acceptors (Lipinski definition) is 3. The molecule has 0 saturated carbocycles. The zero-order valence-electron chi connectivity index (χ0n) is 14.2. The predicted molar refractivity (Wildman–Crippen MR) is 105 cm³/mol. The maximum atomic E-state index is 12.3. The second-order valence-corrected chi connectivity index (χ2v) is 7.72. The van der Waals surface area contributed by atoms with Crippen molar-refractivity contribution >= 4 is 39.1 Å². The number of amides is 2. The molecule has 5 nitrogen and oxygen atoms in total. The predicted octanol–water partition coefficient (Wildman–Crippen LogP) is 3.10. The first-order chi connectivity index (χ1) is 12.6. The largest absolute Gasteiger partial charge is 0.356 e. The molecule has 2 aromatic rings. The molecule has 2 amide bonds. The first-order valence-corrected chi connectivity index (χ1v) is 9.60. The number of carbonyl (C=O) groups is 2. The van der Waals surface area contributed by atoms with Crippen molar-refractivity contribution in [2.75, 3.05) is 16.8 Å². The summed E-state index contributed by atoms with van der Waals surface area (Å²) in [7, 11) is 0. The van der Waals surface area contributed by atoms with Crippen LogP contribution in [0.1, 0.15) is 18.4 Å². The maximum Gasteiger partial charge on any atom is 0.247 e. The molecule has 0 spiro atoms. The van der Waals surface area contributed by atoms with Crippen LogP contribution >= 0.6 is 15.9 Å². The number of fused-ring (bicyclic) bond motifs is 3. The number of rotatable bonds is 4. The van der Waals surface area contributed by atoms with E-state index in [2.05, 4.69) is 31.5 Å². The summed E-state index contributed by atoms with van der Waals surface area (Å²) in [5.41, 5.74) is 3.01. The lowest BCUT2D eigenvalue weighted by atomic mass is 10.1. The highest BCUT2D eigenvalue weighted by Crippen LogP contribution is 2.36. The molecule has 134 valence electrons. The van der Waals surface area contributed by atoms with Gasteiger partial charge in [0.2, 0.25) is 11.8 Å². The fourth-order valence-electron chi connectivity index (χ4n) is 3.71. The van der Waals surface area contributed by atoms with Gasteiger partial charge in [-0.1, -0.05) is 40.2 Å². The van der Waals surface area contributed by atoms with Crippen molar-refractivity contribution in [3.05, 3.63) is 58.6 Å². The number of nitrogens with one attached hydrogen (secondary N) is 2. The van der Waals surface area contributed by atoms with Gasteiger partial charge in [0.05, 0.1) is 11.4 Å². The van der Waals surface area contributed by atoms with E-state index < -0.39 is 0 Å². The molecule has 0 aromatic heterocycles. The highest BCUT2D eigenvalue weighted by atomic mass is 79.9. The average Bonchev–Trinajstić information content (AvgIpc) is 3.06. The molecule has 2 aromatic carbocycles. The Kier molecular flexibility index (Phi) is 4.68. The van der Waals surface area contributed by atoms with E-state index in [9.17, 15) is 9.59 Å². The normalized spacial score (nSPS) is 21.0. The van der Waals surface area contributed by atoms with Gasteiger partial charge in [0, 0.05) is 23.5 Å². The number of aryl methyl sites for hydroxylation is 1. The number of hydrogen-bond donors (Lipinski definition) is 2. The van der Waals surface area contributed by atoms with Gasteiger partial charge in [0.1, 0.15) is 6.04 Å². The van der Waals surface area contributed by atoms with Gasteiger partial charge in [-0.15, -0.1) is 0 Å². The topological polar surface area (TPSA) is 61.4 Å². The Morgan fingerprint density at radius 1 is 1.19 bits per heavy atom. The highest BCUT2D eigenvalue weighted by Gasteiger charge is 2.41. The van der Waals surface area contributed by atoms with E-state index in [-0.39, 0.29) is 23.9 Å². The average molecular weight is 414 g/mol. The van der Waals surface area contributed by atoms with Gasteiger partial charge in [0.25, 0.3) is 0 Å². The van der Waals surface area contributed by atoms with Crippen LogP contribution in [0.2, 0.25) is 0 Å². The van der Waals surface area contributed by atoms with Crippen LogP contribution in [0.4, 0.5) is 11.4 Å². The van der Waals surface area contributed by atoms with Crippen LogP contribution in [-0.4, -0.2) is 30.4 Å². The highest BCUT2D eigenvalue weighted by molar-refractivity contribution is 9.10. The lowest BCUT2D eigenvalue weighted by molar-refractivity contribution is -0.122. The summed E-state index contributed by atoms with van der Waals surface area (Å²) in [4.78, 5) is 26.8. The number of benzene rings is 2. The molecular weight excluding hydrogens is 394 g/mol. The Bertz CT molecular complexity index is 837. The van der Waals surface area contributed by atoms with Crippen LogP contribution in [0.25, 0.3) is 0 Å². The summed E-state index contributed by atoms with van der Waals surface area (Å²) in [6, 6.07) is 15.6. The van der Waals surface area contributed by atoms with Crippen LogP contribution in [0.15, 0.2) is 53.0 Å². The Labute approximate surface area is 160 Å². The molecule has 6 heteroatoms. The monoisotopic (exact) mass is 413 g/mol. The molecule has 4 rings (SSSR count). The Morgan fingerprint density at radius 3 is 2.77 bits per heavy atom. The minimum atomic E-state index is -0.207. The summed E-state index contributed by atoms with van der Waals surface area (Å²) in [5, 5.41) is 6.06. The van der Waals surface area contributed by atoms with Gasteiger partial charge in [-0.2, -0.15) is 0 Å². The molecule has 0 radical (unpaired) electrons. The minimum absolute atomic E-state index is 0.00526. The van der Waals surface area contributed by atoms with Crippen molar-refractivity contribution in [1.82, 2.24) is 5.32 Å². The molecule has 26 heavy (non-hydrogen) atoms. The molecule has 1 fully saturated rings. The van der Waals surface area contributed by atoms with Gasteiger partial charge >= 0.3 is 0 Å². The third-order valence-electron chi connectivity index (χ3n) is 4.99. The van der Waals surface area contributed by atoms with Crippen molar-refractivity contribution in [3.63, 3.8) is 0 Å². The van der Waals surface area contributed by atoms with Crippen molar-refractivity contribution in [2.24, 2.45) is 0 Å². The quantitative estimate of drug-likeness (QED) is 0.809. The summed E-state index contributed by atoms with van der Waals surface area (Å²) in [6.07, 6.45) is 1.80. The van der Waals surface area contributed by atoms with Gasteiger partial charge < -0.3 is 15.5 Å². The van der Waals surface area contributed by atoms with E-state index in [0.717, 1.165) is 21.4 Å². The van der Waals surface area contributed by atoms with Gasteiger partial charge in [-0.25, -0.2) is 0 Å². The van der Waals surface area contributed by atoms with E-state index in [1.54, 1.807) is 0 Å². The summed E-state index contributed by atoms with van der Waals surface area (Å²) >= 11 is 3.41. The van der Waals surface area contributed by atoms with Gasteiger partial charge in [-0.05, 0) is 42.7 Å². The fraction of sp³-hybridized carbons (Fsp3) is 0.300. The molecule has 2 heterocycles. The Hall–Kier alpha value is -2.34. The van der Waals surface area contributed by atoms with Crippen LogP contribution in [0.3, 0.4) is 0 Å². The number of nitrogens with zero attached hydrogens (tertiary/aromatic N) is 1. The van der Waals surface area contributed by atoms with E-state index in [1.165, 1.54) is 0 Å². The molecule has 2 N–H and O–H groups in total. The third kappa shape index (κ3) is 3.46. The van der Waals surface area contributed by atoms with Crippen LogP contribution in [-0.2, 0) is 16.0 Å². The second-order valence-electron chi connectivity index (χ2n) is 6.80. The maximum absolute atomic E-state index is 12.3. The Morgan fingerprint density at radius 2 is 1.96 bits per heavy atom. The Balaban J connectivity index is 1.36. The second kappa shape index (κ2) is 7.11. The molecule has 2 atom stereocenters. The number of carbonyl (C=O) groups excluding carboxylic acids is 2. The van der Waals surface area contributed by atoms with Gasteiger partial charge in [0.15, 0.2) is 0 Å². The summed E-state index contributed by atoms with van der Waals surface area (Å²) in [6.45, 7) is 0.666. The summed E-state index contributed by atoms with van der Waals surface area (Å²) in [5.74, 6) is 0.0433. The molecule has 1 saturated heterocycles. The number of anilines is 2. The molecule has 2 aliphatic heterocycles. The van der Waals surface area contributed by atoms with Crippen molar-refractivity contribution < 1.29 is 9.59 Å². The number of halogens is 1. The van der Waals surface area contributed by atoms with Crippen molar-refractivity contribution in [2.45, 2.75) is 31.3 Å². The third-order valence-corrected chi connectivity index (χ3v) is 5.52. The van der Waals surface area contributed by atoms with E-state index in [0.29, 0.717) is 25.8 Å². The SMILES string of the molecule is O=C(CCc1ccc(Br)cc1)NC1CC2C(=O)Nc3ccccc3N2C1. The first-order valence-electron chi connectivity index (χ1n) is 8.80. The molecule has 2 aliphatic rings. The van der Waals surface area contributed by atoms with Crippen LogP contribution in [0.5, 0.6) is 0 Å². The zero-order valence-corrected chi connectivity index (χ0v) is 15.8. The van der Waals surface area contributed by atoms with E-state index in [4.69, 9.17) is 0 Å². The minimum Gasteiger partial charge on any atom is -0.356 e. The zero-order chi connectivity index (χ0) is 18.1. The van der Waals surface area contributed by atoms with Crippen LogP contribution < -0.4 is 15.5 Å². The smallest absolute Gasteiger partial charge is 0.247 e. The van der Waals surface area contributed by atoms with E-state index in [1.807, 2.05) is 48.5 Å². The lowest BCUT2D eigenvalue weighted by Gasteiger charge is -2.32. The fourth-order valence-corrected chi connectivity index (χ4v) is 3.97. The van der Waals surface area contributed by atoms with Crippen LogP contribution in [0, 0.1) is 0 Å². The van der Waals surface area contributed by atoms with Crippen molar-refractivity contribution in [3.8, 4) is 0 Å². The molecule has 0 bridgehead atoms. The van der Waals surface area contributed by atoms with E-state index >= 15 is 0 Å². The van der Waals surface area contributed by atoms with Crippen molar-refractivity contribution in [1.29, 1.82) is 0 Å². The number of para-hydroxylation sites is 2. The first kappa shape index (κ1) is 17.1. The standard InChI is InChI=1S/C20H20BrN3O2/c21-14-8-5-13(6-9-14)7-10-19(25)22-15-11-18-20(26)23-16-3-1-2-4-17(16)24(18)12-15/h1-6,8-9,15,18H,7,10-12H2,(H,22,25)(H,23,26). The lowest BCUT2D eigenvalue weighted by Crippen LogP contribution is -2.44. The molecule has 0 aliphatic carbocycles.